The van der Waals surface area contributed by atoms with Gasteiger partial charge < -0.3 is 24.8 Å². The highest BCUT2D eigenvalue weighted by Gasteiger charge is 2.57. The summed E-state index contributed by atoms with van der Waals surface area (Å²) in [7, 11) is 0. The molecule has 1 aromatic carbocycles. The van der Waals surface area contributed by atoms with E-state index in [0.717, 1.165) is 26.6 Å². The summed E-state index contributed by atoms with van der Waals surface area (Å²) in [4.78, 5) is 6.59. The number of hydrogen-bond acceptors (Lipinski definition) is 7. The lowest BCUT2D eigenvalue weighted by atomic mass is 9.87. The van der Waals surface area contributed by atoms with Crippen LogP contribution < -0.4 is 0 Å². The van der Waals surface area contributed by atoms with Crippen LogP contribution in [0.25, 0.3) is 10.6 Å². The predicted octanol–water partition coefficient (Wildman–Crippen LogP) is 3.24. The van der Waals surface area contributed by atoms with E-state index in [4.69, 9.17) is 21.1 Å². The number of hydrogen-bond donors (Lipinski definition) is 3. The number of aliphatic hydroxyl groups is 3. The summed E-state index contributed by atoms with van der Waals surface area (Å²) in [5.74, 6) is -1.53. The topological polar surface area (TPSA) is 92.0 Å². The maximum atomic E-state index is 10.7. The maximum absolute atomic E-state index is 10.7. The quantitative estimate of drug-likeness (QED) is 0.557. The Kier molecular flexibility index (Phi) is 5.38. The highest BCUT2D eigenvalue weighted by molar-refractivity contribution is 7.15. The van der Waals surface area contributed by atoms with Gasteiger partial charge in [0.15, 0.2) is 0 Å². The molecule has 0 aliphatic carbocycles. The molecular formula is C23H22ClNO5S. The lowest BCUT2D eigenvalue weighted by Gasteiger charge is -2.45. The van der Waals surface area contributed by atoms with Gasteiger partial charge in [0.05, 0.1) is 23.3 Å². The van der Waals surface area contributed by atoms with Crippen molar-refractivity contribution >= 4 is 22.9 Å². The fourth-order valence-corrected chi connectivity index (χ4v) is 5.52. The highest BCUT2D eigenvalue weighted by atomic mass is 35.5. The number of aliphatic hydroxyl groups excluding tert-OH is 3. The minimum absolute atomic E-state index is 0.199. The Labute approximate surface area is 188 Å². The Morgan fingerprint density at radius 2 is 2.00 bits per heavy atom. The van der Waals surface area contributed by atoms with Gasteiger partial charge in [0.1, 0.15) is 18.3 Å². The molecule has 6 nitrogen and oxygen atoms in total. The summed E-state index contributed by atoms with van der Waals surface area (Å²) < 4.78 is 11.8. The van der Waals surface area contributed by atoms with Gasteiger partial charge in [0.25, 0.3) is 0 Å². The first kappa shape index (κ1) is 21.0. The van der Waals surface area contributed by atoms with Crippen molar-refractivity contribution in [2.75, 3.05) is 0 Å². The largest absolute Gasteiger partial charge is 0.388 e. The summed E-state index contributed by atoms with van der Waals surface area (Å²) in [6.45, 7) is 1.84. The molecule has 1 saturated heterocycles. The average Bonchev–Trinajstić information content (AvgIpc) is 3.38. The molecule has 8 heteroatoms. The molecular weight excluding hydrogens is 438 g/mol. The van der Waals surface area contributed by atoms with E-state index in [9.17, 15) is 15.3 Å². The standard InChI is InChI=1S/C23H22ClNO5S/c1-12-20(26)21(27)22(28)23(30-12)16-9-13(17(24)10-14(16)11-29-23)8-15-5-6-19(31-15)18-4-2-3-7-25-18/h2-7,9-10,12,20-22,26-28H,8,11H2,1H3/t12-,20-,21+,22-,23+/m1/s1. The molecule has 1 spiro atoms. The molecule has 0 amide bonds. The smallest absolute Gasteiger partial charge is 0.225 e. The first-order valence-electron chi connectivity index (χ1n) is 10.1. The van der Waals surface area contributed by atoms with Crippen LogP contribution in [0.2, 0.25) is 5.02 Å². The fraction of sp³-hybridized carbons (Fsp3) is 0.348. The third kappa shape index (κ3) is 3.50. The van der Waals surface area contributed by atoms with Gasteiger partial charge in [0, 0.05) is 28.1 Å². The second-order valence-corrected chi connectivity index (χ2v) is 9.54. The van der Waals surface area contributed by atoms with Gasteiger partial charge in [-0.1, -0.05) is 17.7 Å². The van der Waals surface area contributed by atoms with E-state index in [1.165, 1.54) is 0 Å². The van der Waals surface area contributed by atoms with Crippen molar-refractivity contribution in [1.29, 1.82) is 0 Å². The molecule has 0 saturated carbocycles. The van der Waals surface area contributed by atoms with Crippen molar-refractivity contribution in [1.82, 2.24) is 4.98 Å². The molecule has 2 aliphatic rings. The molecule has 162 valence electrons. The third-order valence-corrected chi connectivity index (χ3v) is 7.40. The Morgan fingerprint density at radius 1 is 1.16 bits per heavy atom. The number of benzene rings is 1. The van der Waals surface area contributed by atoms with Crippen molar-refractivity contribution in [2.24, 2.45) is 0 Å². The maximum Gasteiger partial charge on any atom is 0.225 e. The van der Waals surface area contributed by atoms with Crippen molar-refractivity contribution in [3.63, 3.8) is 0 Å². The zero-order valence-corrected chi connectivity index (χ0v) is 18.3. The molecule has 5 atom stereocenters. The van der Waals surface area contributed by atoms with E-state index in [-0.39, 0.29) is 6.61 Å². The highest BCUT2D eigenvalue weighted by Crippen LogP contribution is 2.47. The van der Waals surface area contributed by atoms with Crippen LogP contribution in [0, 0.1) is 0 Å². The average molecular weight is 460 g/mol. The molecule has 5 rings (SSSR count). The third-order valence-electron chi connectivity index (χ3n) is 5.94. The van der Waals surface area contributed by atoms with Gasteiger partial charge in [-0.05, 0) is 54.4 Å². The minimum Gasteiger partial charge on any atom is -0.388 e. The van der Waals surface area contributed by atoms with Crippen molar-refractivity contribution in [2.45, 2.75) is 50.2 Å². The first-order valence-corrected chi connectivity index (χ1v) is 11.3. The van der Waals surface area contributed by atoms with Crippen LogP contribution in [0.3, 0.4) is 0 Å². The van der Waals surface area contributed by atoms with Gasteiger partial charge in [-0.3, -0.25) is 4.98 Å². The minimum atomic E-state index is -1.53. The van der Waals surface area contributed by atoms with Gasteiger partial charge in [-0.25, -0.2) is 0 Å². The SMILES string of the molecule is C[C@H]1O[C@]2(OCc3cc(Cl)c(Cc4ccc(-c5ccccn5)s4)cc32)[C@H](O)[C@@H](O)[C@@H]1O. The molecule has 4 heterocycles. The van der Waals surface area contributed by atoms with Crippen LogP contribution in [-0.2, 0) is 28.3 Å². The van der Waals surface area contributed by atoms with E-state index >= 15 is 0 Å². The second-order valence-electron chi connectivity index (χ2n) is 7.96. The normalized spacial score (nSPS) is 30.0. The van der Waals surface area contributed by atoms with E-state index in [1.54, 1.807) is 24.5 Å². The first-order chi connectivity index (χ1) is 14.9. The van der Waals surface area contributed by atoms with Gasteiger partial charge in [-0.2, -0.15) is 0 Å². The van der Waals surface area contributed by atoms with Crippen LogP contribution in [-0.4, -0.2) is 44.7 Å². The number of ether oxygens (including phenoxy) is 2. The molecule has 2 aliphatic heterocycles. The monoisotopic (exact) mass is 459 g/mol. The van der Waals surface area contributed by atoms with Crippen LogP contribution in [0.5, 0.6) is 0 Å². The van der Waals surface area contributed by atoms with Gasteiger partial charge >= 0.3 is 0 Å². The second kappa shape index (κ2) is 7.94. The molecule has 0 bridgehead atoms. The molecule has 3 N–H and O–H groups in total. The van der Waals surface area contributed by atoms with E-state index < -0.39 is 30.2 Å². The molecule has 3 aromatic rings. The molecule has 2 aromatic heterocycles. The van der Waals surface area contributed by atoms with Crippen LogP contribution in [0.4, 0.5) is 0 Å². The van der Waals surface area contributed by atoms with Crippen LogP contribution >= 0.6 is 22.9 Å². The number of halogens is 1. The fourth-order valence-electron chi connectivity index (χ4n) is 4.26. The number of nitrogens with zero attached hydrogens (tertiary/aromatic N) is 1. The van der Waals surface area contributed by atoms with Crippen molar-refractivity contribution in [3.8, 4) is 10.6 Å². The van der Waals surface area contributed by atoms with E-state index in [1.807, 2.05) is 36.4 Å². The Bertz CT molecular complexity index is 1110. The van der Waals surface area contributed by atoms with Crippen LogP contribution in [0.1, 0.15) is 28.5 Å². The number of fused-ring (bicyclic) bond motifs is 2. The summed E-state index contributed by atoms with van der Waals surface area (Å²) in [6, 6.07) is 13.6. The lowest BCUT2D eigenvalue weighted by Crippen LogP contribution is -2.62. The van der Waals surface area contributed by atoms with Gasteiger partial charge in [0.2, 0.25) is 5.79 Å². The lowest BCUT2D eigenvalue weighted by molar-refractivity contribution is -0.362. The Balaban J connectivity index is 1.48. The Hall–Kier alpha value is -1.84. The summed E-state index contributed by atoms with van der Waals surface area (Å²) in [5.41, 5.74) is 3.22. The number of thiophene rings is 1. The predicted molar refractivity (Wildman–Crippen MR) is 117 cm³/mol. The van der Waals surface area contributed by atoms with E-state index in [2.05, 4.69) is 11.1 Å². The molecule has 31 heavy (non-hydrogen) atoms. The van der Waals surface area contributed by atoms with Crippen molar-refractivity contribution < 1.29 is 24.8 Å². The number of rotatable bonds is 3. The van der Waals surface area contributed by atoms with E-state index in [0.29, 0.717) is 17.0 Å². The summed E-state index contributed by atoms with van der Waals surface area (Å²) in [6.07, 6.45) is -2.35. The van der Waals surface area contributed by atoms with Gasteiger partial charge in [-0.15, -0.1) is 11.3 Å². The number of pyridine rings is 1. The van der Waals surface area contributed by atoms with Crippen LogP contribution in [0.15, 0.2) is 48.7 Å². The van der Waals surface area contributed by atoms with Crippen molar-refractivity contribution in [3.05, 3.63) is 75.3 Å². The molecule has 0 radical (unpaired) electrons. The zero-order chi connectivity index (χ0) is 21.8. The molecule has 1 fully saturated rings. The molecule has 0 unspecified atom stereocenters. The number of aromatic nitrogens is 1. The summed E-state index contributed by atoms with van der Waals surface area (Å²) >= 11 is 8.22. The zero-order valence-electron chi connectivity index (χ0n) is 16.7. The Morgan fingerprint density at radius 3 is 2.77 bits per heavy atom. The summed E-state index contributed by atoms with van der Waals surface area (Å²) in [5, 5.41) is 31.8.